The Kier molecular flexibility index (Phi) is 2.73. The third-order valence-electron chi connectivity index (χ3n) is 0.644. The summed E-state index contributed by atoms with van der Waals surface area (Å²) in [5.41, 5.74) is 0. The molecule has 0 aromatic carbocycles. The SMILES string of the molecule is CC[C@H](Cl)S(=O)(=O)O. The van der Waals surface area contributed by atoms with Crippen LogP contribution in [0.4, 0.5) is 0 Å². The maximum atomic E-state index is 9.99. The Hall–Kier alpha value is 0.200. The van der Waals surface area contributed by atoms with Crippen molar-refractivity contribution in [3.8, 4) is 0 Å². The zero-order valence-electron chi connectivity index (χ0n) is 4.33. The summed E-state index contributed by atoms with van der Waals surface area (Å²) in [6, 6.07) is 0. The fraction of sp³-hybridized carbons (Fsp3) is 1.00. The highest BCUT2D eigenvalue weighted by Crippen LogP contribution is 2.06. The van der Waals surface area contributed by atoms with E-state index in [1.54, 1.807) is 6.92 Å². The predicted molar refractivity (Wildman–Crippen MR) is 31.5 cm³/mol. The van der Waals surface area contributed by atoms with E-state index in [1.165, 1.54) is 0 Å². The predicted octanol–water partition coefficient (Wildman–Crippen LogP) is 0.849. The average Bonchev–Trinajstić information content (AvgIpc) is 1.62. The number of hydrogen-bond donors (Lipinski definition) is 1. The molecule has 0 rings (SSSR count). The zero-order valence-corrected chi connectivity index (χ0v) is 5.91. The molecule has 0 amide bonds. The summed E-state index contributed by atoms with van der Waals surface area (Å²) in [5.74, 6) is 0. The van der Waals surface area contributed by atoms with E-state index in [0.29, 0.717) is 0 Å². The van der Waals surface area contributed by atoms with Crippen molar-refractivity contribution in [1.82, 2.24) is 0 Å². The molecule has 0 bridgehead atoms. The van der Waals surface area contributed by atoms with E-state index in [9.17, 15) is 8.42 Å². The molecular formula is C3H7ClO3S. The Labute approximate surface area is 53.4 Å². The van der Waals surface area contributed by atoms with Crippen molar-refractivity contribution >= 4 is 21.7 Å². The van der Waals surface area contributed by atoms with Crippen LogP contribution >= 0.6 is 11.6 Å². The first-order valence-electron chi connectivity index (χ1n) is 2.09. The van der Waals surface area contributed by atoms with Crippen LogP contribution in [0.1, 0.15) is 13.3 Å². The standard InChI is InChI=1S/C3H7ClO3S/c1-2-3(4)8(5,6)7/h3H,2H2,1H3,(H,5,6,7)/t3-/m1/s1. The lowest BCUT2D eigenvalue weighted by Gasteiger charge is -1.98. The second-order valence-electron chi connectivity index (χ2n) is 1.33. The van der Waals surface area contributed by atoms with E-state index in [4.69, 9.17) is 16.2 Å². The van der Waals surface area contributed by atoms with Crippen LogP contribution in [0.5, 0.6) is 0 Å². The van der Waals surface area contributed by atoms with Gasteiger partial charge in [-0.1, -0.05) is 6.92 Å². The summed E-state index contributed by atoms with van der Waals surface area (Å²) in [6.07, 6.45) is 0.223. The highest BCUT2D eigenvalue weighted by atomic mass is 35.5. The van der Waals surface area contributed by atoms with Gasteiger partial charge >= 0.3 is 0 Å². The molecule has 8 heavy (non-hydrogen) atoms. The highest BCUT2D eigenvalue weighted by molar-refractivity contribution is 7.87. The van der Waals surface area contributed by atoms with E-state index in [2.05, 4.69) is 0 Å². The van der Waals surface area contributed by atoms with E-state index in [-0.39, 0.29) is 6.42 Å². The van der Waals surface area contributed by atoms with Crippen LogP contribution in [0, 0.1) is 0 Å². The molecule has 5 heteroatoms. The van der Waals surface area contributed by atoms with Crippen LogP contribution in [-0.2, 0) is 10.1 Å². The average molecular weight is 159 g/mol. The molecule has 0 aromatic rings. The van der Waals surface area contributed by atoms with E-state index in [1.807, 2.05) is 0 Å². The molecule has 0 radical (unpaired) electrons. The van der Waals surface area contributed by atoms with Gasteiger partial charge in [0.05, 0.1) is 0 Å². The smallest absolute Gasteiger partial charge is 0.281 e. The van der Waals surface area contributed by atoms with Crippen molar-refractivity contribution in [1.29, 1.82) is 0 Å². The third-order valence-corrected chi connectivity index (χ3v) is 2.61. The first-order chi connectivity index (χ1) is 3.48. The van der Waals surface area contributed by atoms with E-state index >= 15 is 0 Å². The van der Waals surface area contributed by atoms with Crippen LogP contribution in [0.25, 0.3) is 0 Å². The van der Waals surface area contributed by atoms with Crippen molar-refractivity contribution in [3.63, 3.8) is 0 Å². The van der Waals surface area contributed by atoms with E-state index < -0.39 is 14.8 Å². The van der Waals surface area contributed by atoms with Crippen molar-refractivity contribution in [2.75, 3.05) is 0 Å². The third kappa shape index (κ3) is 2.49. The summed E-state index contributed by atoms with van der Waals surface area (Å²) >= 11 is 5.10. The minimum Gasteiger partial charge on any atom is -0.284 e. The summed E-state index contributed by atoms with van der Waals surface area (Å²) in [6.45, 7) is 1.57. The molecule has 1 atom stereocenters. The largest absolute Gasteiger partial charge is 0.284 e. The second kappa shape index (κ2) is 2.66. The maximum absolute atomic E-state index is 9.99. The normalized spacial score (nSPS) is 15.9. The Balaban J connectivity index is 4.04. The molecule has 0 saturated heterocycles. The quantitative estimate of drug-likeness (QED) is 0.479. The summed E-state index contributed by atoms with van der Waals surface area (Å²) in [5, 5.41) is 0. The van der Waals surface area contributed by atoms with Gasteiger partial charge < -0.3 is 0 Å². The van der Waals surface area contributed by atoms with Gasteiger partial charge in [-0.2, -0.15) is 8.42 Å². The van der Waals surface area contributed by atoms with Gasteiger partial charge in [-0.3, -0.25) is 4.55 Å². The van der Waals surface area contributed by atoms with Crippen LogP contribution < -0.4 is 0 Å². The molecule has 3 nitrogen and oxygen atoms in total. The molecule has 0 spiro atoms. The topological polar surface area (TPSA) is 54.4 Å². The molecule has 0 aliphatic heterocycles. The first kappa shape index (κ1) is 8.20. The van der Waals surface area contributed by atoms with Crippen molar-refractivity contribution in [2.45, 2.75) is 18.1 Å². The second-order valence-corrected chi connectivity index (χ2v) is 3.72. The first-order valence-corrected chi connectivity index (χ1v) is 4.02. The summed E-state index contributed by atoms with van der Waals surface area (Å²) in [7, 11) is -3.99. The van der Waals surface area contributed by atoms with Crippen molar-refractivity contribution in [2.24, 2.45) is 0 Å². The maximum Gasteiger partial charge on any atom is 0.281 e. The van der Waals surface area contributed by atoms with Gasteiger partial charge in [0.2, 0.25) is 0 Å². The molecule has 0 saturated carbocycles. The van der Waals surface area contributed by atoms with Crippen LogP contribution in [0.3, 0.4) is 0 Å². The van der Waals surface area contributed by atoms with Crippen molar-refractivity contribution < 1.29 is 13.0 Å². The van der Waals surface area contributed by atoms with Gasteiger partial charge in [-0.15, -0.1) is 11.6 Å². The number of alkyl halides is 1. The molecule has 0 aliphatic carbocycles. The van der Waals surface area contributed by atoms with Crippen LogP contribution in [-0.4, -0.2) is 17.7 Å². The van der Waals surface area contributed by atoms with Gasteiger partial charge in [-0.05, 0) is 6.42 Å². The van der Waals surface area contributed by atoms with E-state index in [0.717, 1.165) is 0 Å². The highest BCUT2D eigenvalue weighted by Gasteiger charge is 2.15. The number of hydrogen-bond acceptors (Lipinski definition) is 2. The molecule has 0 aliphatic rings. The minimum atomic E-state index is -3.99. The molecule has 1 N–H and O–H groups in total. The minimum absolute atomic E-state index is 0.223. The molecule has 0 aromatic heterocycles. The fourth-order valence-corrected chi connectivity index (χ4v) is 0.632. The molecule has 0 heterocycles. The lowest BCUT2D eigenvalue weighted by Crippen LogP contribution is -2.11. The lowest BCUT2D eigenvalue weighted by molar-refractivity contribution is 0.478. The number of rotatable bonds is 2. The summed E-state index contributed by atoms with van der Waals surface area (Å²) < 4.78 is 26.9. The monoisotopic (exact) mass is 158 g/mol. The van der Waals surface area contributed by atoms with Crippen molar-refractivity contribution in [3.05, 3.63) is 0 Å². The van der Waals surface area contributed by atoms with Gasteiger partial charge in [0.1, 0.15) is 0 Å². The van der Waals surface area contributed by atoms with Gasteiger partial charge in [-0.25, -0.2) is 0 Å². The Morgan fingerprint density at radius 2 is 2.12 bits per heavy atom. The van der Waals surface area contributed by atoms with Crippen LogP contribution in [0.2, 0.25) is 0 Å². The Morgan fingerprint density at radius 1 is 1.75 bits per heavy atom. The molecule has 50 valence electrons. The molecule has 0 fully saturated rings. The Morgan fingerprint density at radius 3 is 2.12 bits per heavy atom. The van der Waals surface area contributed by atoms with Gasteiger partial charge in [0, 0.05) is 0 Å². The van der Waals surface area contributed by atoms with Gasteiger partial charge in [0.25, 0.3) is 10.1 Å². The Bertz CT molecular complexity index is 150. The fourth-order valence-electron chi connectivity index (χ4n) is 0.211. The molecule has 0 unspecified atom stereocenters. The van der Waals surface area contributed by atoms with Gasteiger partial charge in [0.15, 0.2) is 4.71 Å². The van der Waals surface area contributed by atoms with Crippen LogP contribution in [0.15, 0.2) is 0 Å². The lowest BCUT2D eigenvalue weighted by atomic mass is 10.6. The zero-order chi connectivity index (χ0) is 6.78. The number of halogens is 1. The summed E-state index contributed by atoms with van der Waals surface area (Å²) in [4.78, 5) is 0. The molecular weight excluding hydrogens is 152 g/mol.